The van der Waals surface area contributed by atoms with E-state index in [1.807, 2.05) is 148 Å². The van der Waals surface area contributed by atoms with Crippen LogP contribution in [0.1, 0.15) is 183 Å². The number of hydrogen-bond acceptors (Lipinski definition) is 24. The van der Waals surface area contributed by atoms with Crippen LogP contribution in [-0.2, 0) is 78.7 Å². The molecule has 13 aromatic rings. The number of nitrogen functional groups attached to an aromatic ring is 2. The van der Waals surface area contributed by atoms with E-state index in [9.17, 15) is 33.6 Å². The van der Waals surface area contributed by atoms with E-state index < -0.39 is 30.5 Å². The first-order chi connectivity index (χ1) is 67.9. The highest BCUT2D eigenvalue weighted by molar-refractivity contribution is 14.1. The maximum absolute atomic E-state index is 15.3. The number of nitrogens with one attached hydrogen (secondary N) is 1. The van der Waals surface area contributed by atoms with Gasteiger partial charge in [0.2, 0.25) is 0 Å². The minimum absolute atomic E-state index is 0.0381. The van der Waals surface area contributed by atoms with E-state index in [2.05, 4.69) is 106 Å². The zero-order valence-electron chi connectivity index (χ0n) is 84.8. The van der Waals surface area contributed by atoms with Gasteiger partial charge in [0.1, 0.15) is 57.1 Å². The Hall–Kier alpha value is -13.0. The number of hydrogen-bond donors (Lipinski definition) is 3. The summed E-state index contributed by atoms with van der Waals surface area (Å²) in [6, 6.07) is 41.1. The lowest BCUT2D eigenvalue weighted by atomic mass is 9.75. The lowest BCUT2D eigenvalue weighted by Gasteiger charge is -2.32. The number of aromatic amines is 1. The van der Waals surface area contributed by atoms with Crippen molar-refractivity contribution in [2.24, 2.45) is 28.2 Å². The molecule has 144 heavy (non-hydrogen) atoms. The van der Waals surface area contributed by atoms with Crippen LogP contribution in [0.5, 0.6) is 23.0 Å². The van der Waals surface area contributed by atoms with Gasteiger partial charge in [-0.25, -0.2) is 33.7 Å². The topological polar surface area (TPSA) is 364 Å². The lowest BCUT2D eigenvalue weighted by Crippen LogP contribution is -2.41. The summed E-state index contributed by atoms with van der Waals surface area (Å²) < 4.78 is 95.6. The highest BCUT2D eigenvalue weighted by atomic mass is 127. The van der Waals surface area contributed by atoms with E-state index in [0.717, 1.165) is 111 Å². The predicted octanol–water partition coefficient (Wildman–Crippen LogP) is 17.6. The normalized spacial score (nSPS) is 16.8. The van der Waals surface area contributed by atoms with E-state index in [0.29, 0.717) is 84.4 Å². The summed E-state index contributed by atoms with van der Waals surface area (Å²) in [5, 5.41) is 0.451. The smallest absolute Gasteiger partial charge is 0.492 e. The van der Waals surface area contributed by atoms with Gasteiger partial charge in [0.05, 0.1) is 111 Å². The summed E-state index contributed by atoms with van der Waals surface area (Å²) in [5.41, 5.74) is 33.7. The molecule has 0 unspecified atom stereocenters. The summed E-state index contributed by atoms with van der Waals surface area (Å²) in [7, 11) is 8.57. The molecule has 29 nitrogen and oxygen atoms in total. The van der Waals surface area contributed by atoms with E-state index in [4.69, 9.17) is 81.7 Å². The van der Waals surface area contributed by atoms with Crippen LogP contribution in [0.2, 0.25) is 10.3 Å². The van der Waals surface area contributed by atoms with E-state index in [1.165, 1.54) is 109 Å². The molecule has 2 saturated heterocycles. The van der Waals surface area contributed by atoms with Gasteiger partial charge in [-0.3, -0.25) is 33.6 Å². The van der Waals surface area contributed by atoms with Gasteiger partial charge in [0.25, 0.3) is 27.8 Å². The van der Waals surface area contributed by atoms with E-state index in [1.54, 1.807) is 46.7 Å². The molecule has 5 aromatic heterocycles. The number of rotatable bonds is 14. The third kappa shape index (κ3) is 25.0. The van der Waals surface area contributed by atoms with Gasteiger partial charge in [-0.2, -0.15) is 0 Å². The largest absolute Gasteiger partial charge is 0.495 e. The van der Waals surface area contributed by atoms with Gasteiger partial charge in [-0.15, -0.1) is 0 Å². The molecule has 0 radical (unpaired) electrons. The quantitative estimate of drug-likeness (QED) is 0.0299. The molecule has 4 atom stereocenters. The summed E-state index contributed by atoms with van der Waals surface area (Å²) in [6.07, 6.45) is 9.60. The summed E-state index contributed by atoms with van der Waals surface area (Å²) in [6.45, 7) is 33.2. The number of benzene rings is 8. The molecule has 6 aliphatic rings. The standard InChI is InChI=1S/C33H31FN2O5.C26H30BFO6.C14H22BNO2.C13H13IN2O.C13H15N3O.C5H5ClN2O.C4H3ClN2O/c1-18-11-20(27-15-30(37)36(3)17-35-27)12-19(2)32(18)24-7-9-26(34)33-25(24)8-10-28(33)41-22-5-6-23-21(13-31(38)39-4)16-40-29(23)14-22;1-25(2)26(3,4)34-27(33-25)19-9-10-20(28)24-18(19)8-11-21(24)32-16-6-7-17-15(12-23(29)30-5)14-31-22(17)13-16;1-9-7-11(8-10(2)12(9)16)15-17-13(3,4)14(5,6)18-15;2*1-8-4-10(5-9(2)13(8)14)11-6-12(17)16(3)7-15-11;1-8-3-7-4(6)2-5(8)9;5-3-1-4(8)7-2-6-3/h5-7,9,11-12,14-15,17,21,28H,8,10,13,16H2,1-4H3;6-7,9-10,13,15,21H,8,11-12,14H2,1-5H3;7-8H,16H2,1-6H3;4-7H,1-3H3;4-7H,14H2,1-3H3;2-3H,1H3;1-2H,(H,6,7,8)/t21-,28-;15-,21-;;;;;/m11...../s1. The summed E-state index contributed by atoms with van der Waals surface area (Å²) >= 11 is 13.0. The third-order valence-corrected chi connectivity index (χ3v) is 29.2. The van der Waals surface area contributed by atoms with Crippen molar-refractivity contribution < 1.29 is 65.4 Å². The minimum atomic E-state index is -0.543. The Morgan fingerprint density at radius 1 is 0.465 bits per heavy atom. The molecule has 0 saturated carbocycles. The van der Waals surface area contributed by atoms with Crippen LogP contribution in [0.25, 0.3) is 44.9 Å². The Morgan fingerprint density at radius 2 is 0.833 bits per heavy atom. The number of halogens is 5. The minimum Gasteiger partial charge on any atom is -0.492 e. The fourth-order valence-corrected chi connectivity index (χ4v) is 18.0. The first-order valence-corrected chi connectivity index (χ1v) is 48.7. The number of nitrogens with two attached hydrogens (primary N) is 2. The molecule has 0 spiro atoms. The van der Waals surface area contributed by atoms with Gasteiger partial charge in [0.15, 0.2) is 0 Å². The molecule has 36 heteroatoms. The molecular formula is C108H119B2Cl2F2IN12O17. The van der Waals surface area contributed by atoms with E-state index in [-0.39, 0.29) is 105 Å². The number of esters is 2. The number of aromatic nitrogens is 10. The van der Waals surface area contributed by atoms with Crippen LogP contribution >= 0.6 is 45.8 Å². The van der Waals surface area contributed by atoms with E-state index >= 15 is 8.78 Å². The molecule has 5 N–H and O–H groups in total. The van der Waals surface area contributed by atoms with Crippen molar-refractivity contribution in [3.05, 3.63) is 326 Å². The van der Waals surface area contributed by atoms with Crippen LogP contribution in [0, 0.1) is 70.6 Å². The fraction of sp³-hybridized carbons (Fsp3) is 0.352. The highest BCUT2D eigenvalue weighted by Gasteiger charge is 2.54. The van der Waals surface area contributed by atoms with Crippen molar-refractivity contribution in [3.8, 4) is 67.9 Å². The number of carbonyl (C=O) groups is 2. The molecule has 0 amide bonds. The number of nitrogens with zero attached hydrogens (tertiary/aromatic N) is 9. The zero-order chi connectivity index (χ0) is 105. The second-order valence-corrected chi connectivity index (χ2v) is 40.4. The van der Waals surface area contributed by atoms with Crippen molar-refractivity contribution in [1.29, 1.82) is 0 Å². The molecule has 4 aliphatic heterocycles. The molecular weight excluding hydrogens is 1990 g/mol. The second-order valence-electron chi connectivity index (χ2n) is 38.5. The van der Waals surface area contributed by atoms with Crippen LogP contribution < -0.4 is 69.1 Å². The van der Waals surface area contributed by atoms with Crippen LogP contribution in [0.3, 0.4) is 0 Å². The number of aryl methyl sites for hydroxylation is 12. The van der Waals surface area contributed by atoms with Gasteiger partial charge in [-0.1, -0.05) is 59.6 Å². The summed E-state index contributed by atoms with van der Waals surface area (Å²) in [4.78, 5) is 102. The van der Waals surface area contributed by atoms with Crippen molar-refractivity contribution in [2.75, 3.05) is 38.9 Å². The number of carbonyl (C=O) groups excluding carboxylic acids is 2. The maximum atomic E-state index is 15.3. The third-order valence-electron chi connectivity index (χ3n) is 27.1. The van der Waals surface area contributed by atoms with Crippen LogP contribution in [-0.4, -0.2) is 124 Å². The Morgan fingerprint density at radius 3 is 1.22 bits per heavy atom. The fourth-order valence-electron chi connectivity index (χ4n) is 17.4. The van der Waals surface area contributed by atoms with Crippen LogP contribution in [0.4, 0.5) is 20.2 Å². The van der Waals surface area contributed by atoms with Crippen molar-refractivity contribution in [1.82, 2.24) is 48.2 Å². The molecule has 754 valence electrons. The van der Waals surface area contributed by atoms with Gasteiger partial charge in [0, 0.05) is 136 Å². The van der Waals surface area contributed by atoms with Gasteiger partial charge < -0.3 is 81.8 Å². The average Bonchev–Trinajstić information content (AvgIpc) is 1.59. The van der Waals surface area contributed by atoms with Crippen molar-refractivity contribution >= 4 is 94.3 Å². The lowest BCUT2D eigenvalue weighted by molar-refractivity contribution is -0.142. The maximum Gasteiger partial charge on any atom is 0.495 e. The number of ether oxygens (including phenoxy) is 6. The summed E-state index contributed by atoms with van der Waals surface area (Å²) in [5.74, 6) is 1.38. The molecule has 2 aliphatic carbocycles. The molecule has 8 aromatic carbocycles. The Bertz CT molecular complexity index is 7140. The molecule has 0 bridgehead atoms. The second kappa shape index (κ2) is 45.1. The molecule has 19 rings (SSSR count). The molecule has 9 heterocycles. The number of anilines is 2. The van der Waals surface area contributed by atoms with Crippen molar-refractivity contribution in [2.45, 2.75) is 196 Å². The average molecular weight is 2110 g/mol. The number of methoxy groups -OCH3 is 2. The zero-order valence-corrected chi connectivity index (χ0v) is 88.5. The molecule has 2 fully saturated rings. The van der Waals surface area contributed by atoms with Crippen LogP contribution in [0.15, 0.2) is 195 Å². The SMILES string of the molecule is COC(=O)C[C@@H]1COc2cc(O[C@@H]3CCc4c(-c5c(C)cc(-c6cc(=O)n(C)cn6)cc5C)ccc(F)c43)ccc21.COC(=O)C[C@@H]1COc2cc(O[C@@H]3CCc4c(B5OC(C)(C)C(C)(C)O5)ccc(F)c43)ccc21.Cc1cc(-c2cc(=O)n(C)cn2)cc(C)c1I.Cc1cc(-c2cc(=O)n(C)cn2)cc(C)c1N.Cc1cc(B2OC(C)(C)C(C)(C)O2)cc(C)c1N.Cn1cnc(Cl)cc1=O.O=c1cc(Cl)nc[nH]1. The van der Waals surface area contributed by atoms with Gasteiger partial charge in [-0.05, 0) is 297 Å². The highest BCUT2D eigenvalue weighted by Crippen LogP contribution is 2.48. The number of H-pyrrole nitrogens is 1. The van der Waals surface area contributed by atoms with Gasteiger partial charge >= 0.3 is 26.2 Å². The Kier molecular flexibility index (Phi) is 33.9. The first kappa shape index (κ1) is 108. The Balaban J connectivity index is 0.000000151. The van der Waals surface area contributed by atoms with Crippen molar-refractivity contribution in [3.63, 3.8) is 0 Å². The number of fused-ring (bicyclic) bond motifs is 4. The predicted molar refractivity (Wildman–Crippen MR) is 564 cm³/mol. The first-order valence-electron chi connectivity index (χ1n) is 46.9. The Labute approximate surface area is 859 Å². The monoisotopic (exact) mass is 2110 g/mol.